The van der Waals surface area contributed by atoms with E-state index >= 15 is 0 Å². The molecule has 2 aliphatic rings. The Morgan fingerprint density at radius 3 is 2.52 bits per heavy atom. The van der Waals surface area contributed by atoms with Gasteiger partial charge < -0.3 is 19.5 Å². The summed E-state index contributed by atoms with van der Waals surface area (Å²) in [5, 5.41) is 3.65. The number of nitrogens with zero attached hydrogens (tertiary/aromatic N) is 3. The molecule has 1 aliphatic carbocycles. The molecule has 0 spiro atoms. The van der Waals surface area contributed by atoms with Crippen LogP contribution in [0.4, 0.5) is 0 Å². The number of hydrogen-bond acceptors (Lipinski definition) is 3. The van der Waals surface area contributed by atoms with Crippen LogP contribution in [-0.2, 0) is 11.2 Å². The average molecular weight is 460 g/mol. The standard InChI is InChI=1S/C18H28N4O2.HI/c1-15(23)21-10-12-22(13-11-21)18(20-16-5-2-3-6-16)19-9-8-17-7-4-14-24-17;/h4,7,14,16H,2-3,5-6,8-13H2,1H3,(H,19,20);1H. The third kappa shape index (κ3) is 5.90. The molecule has 25 heavy (non-hydrogen) atoms. The Bertz CT molecular complexity index is 547. The van der Waals surface area contributed by atoms with E-state index in [9.17, 15) is 4.79 Å². The summed E-state index contributed by atoms with van der Waals surface area (Å²) in [5.74, 6) is 2.13. The number of guanidine groups is 1. The zero-order valence-electron chi connectivity index (χ0n) is 14.9. The fourth-order valence-electron chi connectivity index (χ4n) is 3.45. The lowest BCUT2D eigenvalue weighted by Gasteiger charge is -2.37. The molecule has 6 nitrogen and oxygen atoms in total. The minimum atomic E-state index is 0. The van der Waals surface area contributed by atoms with Gasteiger partial charge in [-0.3, -0.25) is 9.79 Å². The molecule has 1 saturated carbocycles. The van der Waals surface area contributed by atoms with Crippen molar-refractivity contribution in [2.24, 2.45) is 4.99 Å². The van der Waals surface area contributed by atoms with Gasteiger partial charge in [0, 0.05) is 52.1 Å². The summed E-state index contributed by atoms with van der Waals surface area (Å²) in [6.45, 7) is 5.61. The van der Waals surface area contributed by atoms with E-state index in [4.69, 9.17) is 9.41 Å². The average Bonchev–Trinajstić information content (AvgIpc) is 3.28. The minimum absolute atomic E-state index is 0. The third-order valence-electron chi connectivity index (χ3n) is 4.91. The van der Waals surface area contributed by atoms with Crippen molar-refractivity contribution < 1.29 is 9.21 Å². The van der Waals surface area contributed by atoms with Gasteiger partial charge in [0.2, 0.25) is 5.91 Å². The van der Waals surface area contributed by atoms with Crippen LogP contribution in [0.1, 0.15) is 38.4 Å². The Labute approximate surface area is 167 Å². The second-order valence-electron chi connectivity index (χ2n) is 6.65. The molecular formula is C18H29IN4O2. The number of aliphatic imine (C=N–C) groups is 1. The van der Waals surface area contributed by atoms with Gasteiger partial charge in [0.1, 0.15) is 5.76 Å². The first-order chi connectivity index (χ1) is 11.7. The normalized spacial score (nSPS) is 19.0. The maximum Gasteiger partial charge on any atom is 0.219 e. The SMILES string of the molecule is CC(=O)N1CCN(C(=NCCc2ccco2)NC2CCCC2)CC1.I. The van der Waals surface area contributed by atoms with Crippen molar-refractivity contribution in [3.63, 3.8) is 0 Å². The molecule has 0 bridgehead atoms. The molecule has 1 N–H and O–H groups in total. The van der Waals surface area contributed by atoms with Crippen LogP contribution in [0.15, 0.2) is 27.8 Å². The highest BCUT2D eigenvalue weighted by Crippen LogP contribution is 2.18. The lowest BCUT2D eigenvalue weighted by Crippen LogP contribution is -2.54. The number of carbonyl (C=O) groups is 1. The lowest BCUT2D eigenvalue weighted by molar-refractivity contribution is -0.130. The van der Waals surface area contributed by atoms with Gasteiger partial charge in [0.05, 0.1) is 6.26 Å². The summed E-state index contributed by atoms with van der Waals surface area (Å²) in [4.78, 5) is 20.5. The number of hydrogen-bond donors (Lipinski definition) is 1. The fourth-order valence-corrected chi connectivity index (χ4v) is 3.45. The second-order valence-corrected chi connectivity index (χ2v) is 6.65. The van der Waals surface area contributed by atoms with Crippen LogP contribution in [0.5, 0.6) is 0 Å². The second kappa shape index (κ2) is 10.0. The highest BCUT2D eigenvalue weighted by atomic mass is 127. The van der Waals surface area contributed by atoms with Crippen LogP contribution in [-0.4, -0.2) is 60.4 Å². The van der Waals surface area contributed by atoms with Crippen molar-refractivity contribution >= 4 is 35.8 Å². The van der Waals surface area contributed by atoms with Crippen molar-refractivity contribution in [1.82, 2.24) is 15.1 Å². The maximum atomic E-state index is 11.5. The van der Waals surface area contributed by atoms with E-state index in [1.807, 2.05) is 17.0 Å². The Morgan fingerprint density at radius 2 is 1.92 bits per heavy atom. The Morgan fingerprint density at radius 1 is 1.24 bits per heavy atom. The Hall–Kier alpha value is -1.25. The number of nitrogens with one attached hydrogen (secondary N) is 1. The molecule has 0 unspecified atom stereocenters. The number of rotatable bonds is 4. The molecule has 0 aromatic carbocycles. The fraction of sp³-hybridized carbons (Fsp3) is 0.667. The van der Waals surface area contributed by atoms with Crippen molar-refractivity contribution in [2.75, 3.05) is 32.7 Å². The number of amides is 1. The molecule has 140 valence electrons. The number of furan rings is 1. The van der Waals surface area contributed by atoms with Gasteiger partial charge >= 0.3 is 0 Å². The molecule has 1 saturated heterocycles. The van der Waals surface area contributed by atoms with Crippen LogP contribution < -0.4 is 5.32 Å². The summed E-state index contributed by atoms with van der Waals surface area (Å²) in [5.41, 5.74) is 0. The van der Waals surface area contributed by atoms with Crippen LogP contribution in [0.3, 0.4) is 0 Å². The largest absolute Gasteiger partial charge is 0.469 e. The first kappa shape index (κ1) is 20.1. The van der Waals surface area contributed by atoms with Crippen LogP contribution in [0.25, 0.3) is 0 Å². The summed E-state index contributed by atoms with van der Waals surface area (Å²) in [7, 11) is 0. The van der Waals surface area contributed by atoms with E-state index in [1.54, 1.807) is 13.2 Å². The number of halogens is 1. The highest BCUT2D eigenvalue weighted by molar-refractivity contribution is 14.0. The summed E-state index contributed by atoms with van der Waals surface area (Å²) >= 11 is 0. The van der Waals surface area contributed by atoms with E-state index in [-0.39, 0.29) is 29.9 Å². The highest BCUT2D eigenvalue weighted by Gasteiger charge is 2.24. The van der Waals surface area contributed by atoms with Gasteiger partial charge in [-0.15, -0.1) is 24.0 Å². The zero-order chi connectivity index (χ0) is 16.8. The predicted molar refractivity (Wildman–Crippen MR) is 109 cm³/mol. The lowest BCUT2D eigenvalue weighted by atomic mass is 10.2. The Balaban J connectivity index is 0.00000225. The van der Waals surface area contributed by atoms with Crippen molar-refractivity contribution in [1.29, 1.82) is 0 Å². The van der Waals surface area contributed by atoms with Gasteiger partial charge in [0.15, 0.2) is 5.96 Å². The third-order valence-corrected chi connectivity index (χ3v) is 4.91. The topological polar surface area (TPSA) is 61.1 Å². The molecule has 2 heterocycles. The molecule has 0 radical (unpaired) electrons. The number of piperazine rings is 1. The summed E-state index contributed by atoms with van der Waals surface area (Å²) < 4.78 is 5.39. The monoisotopic (exact) mass is 460 g/mol. The van der Waals surface area contributed by atoms with Crippen molar-refractivity contribution in [3.05, 3.63) is 24.2 Å². The van der Waals surface area contributed by atoms with E-state index < -0.39 is 0 Å². The molecule has 0 atom stereocenters. The van der Waals surface area contributed by atoms with Gasteiger partial charge in [0.25, 0.3) is 0 Å². The quantitative estimate of drug-likeness (QED) is 0.426. The van der Waals surface area contributed by atoms with E-state index in [0.29, 0.717) is 6.04 Å². The van der Waals surface area contributed by atoms with Crippen LogP contribution in [0.2, 0.25) is 0 Å². The van der Waals surface area contributed by atoms with E-state index in [1.165, 1.54) is 25.7 Å². The summed E-state index contributed by atoms with van der Waals surface area (Å²) in [6.07, 6.45) is 7.58. The Kier molecular flexibility index (Phi) is 8.05. The van der Waals surface area contributed by atoms with Gasteiger partial charge in [-0.2, -0.15) is 0 Å². The minimum Gasteiger partial charge on any atom is -0.469 e. The molecule has 2 fully saturated rings. The maximum absolute atomic E-state index is 11.5. The smallest absolute Gasteiger partial charge is 0.219 e. The first-order valence-electron chi connectivity index (χ1n) is 9.06. The molecule has 1 aromatic rings. The molecule has 3 rings (SSSR count). The summed E-state index contributed by atoms with van der Waals surface area (Å²) in [6, 6.07) is 4.45. The molecular weight excluding hydrogens is 431 g/mol. The van der Waals surface area contributed by atoms with Gasteiger partial charge in [-0.25, -0.2) is 0 Å². The molecule has 1 aromatic heterocycles. The van der Waals surface area contributed by atoms with Crippen molar-refractivity contribution in [3.8, 4) is 0 Å². The van der Waals surface area contributed by atoms with E-state index in [0.717, 1.165) is 50.9 Å². The van der Waals surface area contributed by atoms with Crippen molar-refractivity contribution in [2.45, 2.75) is 45.1 Å². The van der Waals surface area contributed by atoms with E-state index in [2.05, 4.69) is 10.2 Å². The molecule has 1 aliphatic heterocycles. The van der Waals surface area contributed by atoms with Crippen LogP contribution in [0, 0.1) is 0 Å². The number of carbonyl (C=O) groups excluding carboxylic acids is 1. The van der Waals surface area contributed by atoms with Gasteiger partial charge in [-0.1, -0.05) is 12.8 Å². The predicted octanol–water partition coefficient (Wildman–Crippen LogP) is 2.49. The molecule has 1 amide bonds. The van der Waals surface area contributed by atoms with Gasteiger partial charge in [-0.05, 0) is 25.0 Å². The first-order valence-corrected chi connectivity index (χ1v) is 9.06. The van der Waals surface area contributed by atoms with Crippen LogP contribution >= 0.6 is 24.0 Å². The molecule has 7 heteroatoms. The zero-order valence-corrected chi connectivity index (χ0v) is 17.3.